The Bertz CT molecular complexity index is 922. The third kappa shape index (κ3) is 5.62. The van der Waals surface area contributed by atoms with E-state index in [9.17, 15) is 13.2 Å². The molecule has 0 aliphatic rings. The second-order valence-corrected chi connectivity index (χ2v) is 9.48. The van der Waals surface area contributed by atoms with E-state index in [0.717, 1.165) is 0 Å². The van der Waals surface area contributed by atoms with Crippen LogP contribution in [0.5, 0.6) is 0 Å². The van der Waals surface area contributed by atoms with Crippen LogP contribution in [0.25, 0.3) is 0 Å². The number of carbonyl (C=O) groups is 1. The van der Waals surface area contributed by atoms with Gasteiger partial charge in [0.1, 0.15) is 4.90 Å². The fraction of sp³-hybridized carbons (Fsp3) is 0.278. The van der Waals surface area contributed by atoms with Crippen molar-refractivity contribution < 1.29 is 13.2 Å². The Kier molecular flexibility index (Phi) is 6.21. The van der Waals surface area contributed by atoms with Gasteiger partial charge in [0, 0.05) is 12.1 Å². The quantitative estimate of drug-likeness (QED) is 0.708. The van der Waals surface area contributed by atoms with Crippen LogP contribution >= 0.6 is 23.2 Å². The van der Waals surface area contributed by atoms with Gasteiger partial charge in [0.25, 0.3) is 10.0 Å². The summed E-state index contributed by atoms with van der Waals surface area (Å²) < 4.78 is 27.8. The van der Waals surface area contributed by atoms with E-state index in [4.69, 9.17) is 23.2 Å². The van der Waals surface area contributed by atoms with Gasteiger partial charge in [0.15, 0.2) is 0 Å². The summed E-state index contributed by atoms with van der Waals surface area (Å²) in [6, 6.07) is 10.8. The molecule has 0 unspecified atom stereocenters. The number of nitrogens with one attached hydrogen (secondary N) is 2. The third-order valence-electron chi connectivity index (χ3n) is 3.31. The van der Waals surface area contributed by atoms with Crippen molar-refractivity contribution in [2.75, 3.05) is 10.0 Å². The van der Waals surface area contributed by atoms with Gasteiger partial charge < -0.3 is 5.32 Å². The molecule has 0 saturated carbocycles. The van der Waals surface area contributed by atoms with Crippen molar-refractivity contribution in [3.8, 4) is 0 Å². The first-order valence-electron chi connectivity index (χ1n) is 7.85. The summed E-state index contributed by atoms with van der Waals surface area (Å²) in [5, 5.41) is 3.00. The maximum Gasteiger partial charge on any atom is 0.263 e. The lowest BCUT2D eigenvalue weighted by Gasteiger charge is -2.18. The van der Waals surface area contributed by atoms with Crippen molar-refractivity contribution in [1.82, 2.24) is 0 Å². The van der Waals surface area contributed by atoms with E-state index < -0.39 is 10.0 Å². The number of benzene rings is 2. The molecule has 2 rings (SSSR count). The molecule has 0 aromatic heterocycles. The van der Waals surface area contributed by atoms with E-state index in [1.54, 1.807) is 30.3 Å². The molecule has 2 aromatic rings. The van der Waals surface area contributed by atoms with Crippen LogP contribution in [0.2, 0.25) is 10.0 Å². The fourth-order valence-electron chi connectivity index (χ4n) is 2.22. The number of amides is 1. The summed E-state index contributed by atoms with van der Waals surface area (Å²) in [7, 11) is -3.98. The maximum atomic E-state index is 12.7. The Morgan fingerprint density at radius 3 is 2.31 bits per heavy atom. The zero-order valence-electron chi connectivity index (χ0n) is 14.6. The molecule has 2 N–H and O–H groups in total. The van der Waals surface area contributed by atoms with E-state index in [1.165, 1.54) is 12.1 Å². The Morgan fingerprint density at radius 1 is 1.04 bits per heavy atom. The molecule has 2 aromatic carbocycles. The number of para-hydroxylation sites is 1. The Labute approximate surface area is 163 Å². The molecular formula is C18H20Cl2N2O3S. The van der Waals surface area contributed by atoms with Crippen LogP contribution < -0.4 is 10.0 Å². The first kappa shape index (κ1) is 20.6. The number of hydrogen-bond donors (Lipinski definition) is 2. The first-order valence-corrected chi connectivity index (χ1v) is 10.1. The zero-order valence-corrected chi connectivity index (χ0v) is 17.0. The molecular weight excluding hydrogens is 395 g/mol. The van der Waals surface area contributed by atoms with E-state index in [1.807, 2.05) is 20.8 Å². The third-order valence-corrected chi connectivity index (χ3v) is 5.49. The minimum Gasteiger partial charge on any atom is -0.326 e. The number of halogens is 2. The summed E-state index contributed by atoms with van der Waals surface area (Å²) in [4.78, 5) is 11.9. The second kappa shape index (κ2) is 7.86. The first-order chi connectivity index (χ1) is 12.0. The number of sulfonamides is 1. The number of anilines is 2. The van der Waals surface area contributed by atoms with Gasteiger partial charge in [-0.05, 0) is 35.7 Å². The number of carbonyl (C=O) groups excluding carboxylic acids is 1. The molecule has 0 spiro atoms. The highest BCUT2D eigenvalue weighted by atomic mass is 35.5. The Balaban J connectivity index is 2.28. The summed E-state index contributed by atoms with van der Waals surface area (Å²) in [5.41, 5.74) is 0.410. The molecule has 5 nitrogen and oxygen atoms in total. The highest BCUT2D eigenvalue weighted by molar-refractivity contribution is 7.92. The van der Waals surface area contributed by atoms with Crippen LogP contribution in [0, 0.1) is 5.41 Å². The van der Waals surface area contributed by atoms with Crippen LogP contribution in [0.4, 0.5) is 11.4 Å². The van der Waals surface area contributed by atoms with E-state index >= 15 is 0 Å². The number of hydrogen-bond acceptors (Lipinski definition) is 3. The highest BCUT2D eigenvalue weighted by Gasteiger charge is 2.21. The molecule has 0 fully saturated rings. The topological polar surface area (TPSA) is 75.3 Å². The molecule has 0 heterocycles. The number of rotatable bonds is 5. The minimum absolute atomic E-state index is 0.0402. The standard InChI is InChI=1S/C18H20Cl2N2O3S/c1-18(2,3)11-17(23)21-12-8-9-14(20)16(10-12)26(24,25)22-15-7-5-4-6-13(15)19/h4-10,22H,11H2,1-3H3,(H,21,23). The molecule has 0 radical (unpaired) electrons. The van der Waals surface area contributed by atoms with E-state index in [0.29, 0.717) is 12.1 Å². The summed E-state index contributed by atoms with van der Waals surface area (Å²) in [6.07, 6.45) is 0.301. The van der Waals surface area contributed by atoms with Gasteiger partial charge in [-0.3, -0.25) is 9.52 Å². The van der Waals surface area contributed by atoms with Gasteiger partial charge in [-0.15, -0.1) is 0 Å². The Hall–Kier alpha value is -1.76. The molecule has 0 aliphatic heterocycles. The smallest absolute Gasteiger partial charge is 0.263 e. The van der Waals surface area contributed by atoms with Crippen molar-refractivity contribution >= 4 is 50.5 Å². The lowest BCUT2D eigenvalue weighted by Crippen LogP contribution is -2.20. The Morgan fingerprint density at radius 2 is 1.69 bits per heavy atom. The van der Waals surface area contributed by atoms with Gasteiger partial charge in [-0.1, -0.05) is 56.1 Å². The monoisotopic (exact) mass is 414 g/mol. The molecule has 0 saturated heterocycles. The van der Waals surface area contributed by atoms with Gasteiger partial charge in [0.2, 0.25) is 5.91 Å². The summed E-state index contributed by atoms with van der Waals surface area (Å²) >= 11 is 12.1. The molecule has 0 aliphatic carbocycles. The SMILES string of the molecule is CC(C)(C)CC(=O)Nc1ccc(Cl)c(S(=O)(=O)Nc2ccccc2Cl)c1. The van der Waals surface area contributed by atoms with Crippen LogP contribution in [-0.2, 0) is 14.8 Å². The normalized spacial score (nSPS) is 11.9. The van der Waals surface area contributed by atoms with Crippen molar-refractivity contribution in [2.24, 2.45) is 5.41 Å². The van der Waals surface area contributed by atoms with Crippen LogP contribution in [0.1, 0.15) is 27.2 Å². The second-order valence-electron chi connectivity index (χ2n) is 7.02. The van der Waals surface area contributed by atoms with Crippen molar-refractivity contribution in [3.63, 3.8) is 0 Å². The molecule has 26 heavy (non-hydrogen) atoms. The van der Waals surface area contributed by atoms with Gasteiger partial charge >= 0.3 is 0 Å². The predicted octanol–water partition coefficient (Wildman–Crippen LogP) is 5.17. The molecule has 0 bridgehead atoms. The lowest BCUT2D eigenvalue weighted by atomic mass is 9.92. The predicted molar refractivity (Wildman–Crippen MR) is 106 cm³/mol. The molecule has 0 atom stereocenters. The van der Waals surface area contributed by atoms with E-state index in [-0.39, 0.29) is 32.0 Å². The molecule has 140 valence electrons. The summed E-state index contributed by atoms with van der Waals surface area (Å²) in [5.74, 6) is -0.206. The van der Waals surface area contributed by atoms with Crippen molar-refractivity contribution in [3.05, 3.63) is 52.5 Å². The molecule has 8 heteroatoms. The van der Waals surface area contributed by atoms with Crippen molar-refractivity contribution in [1.29, 1.82) is 0 Å². The average Bonchev–Trinajstić information content (AvgIpc) is 2.49. The van der Waals surface area contributed by atoms with Gasteiger partial charge in [0.05, 0.1) is 15.7 Å². The van der Waals surface area contributed by atoms with Gasteiger partial charge in [-0.25, -0.2) is 8.42 Å². The van der Waals surface area contributed by atoms with Crippen LogP contribution in [0.3, 0.4) is 0 Å². The van der Waals surface area contributed by atoms with Gasteiger partial charge in [-0.2, -0.15) is 0 Å². The fourth-order valence-corrected chi connectivity index (χ4v) is 4.06. The average molecular weight is 415 g/mol. The van der Waals surface area contributed by atoms with Crippen molar-refractivity contribution in [2.45, 2.75) is 32.1 Å². The van der Waals surface area contributed by atoms with Crippen LogP contribution in [0.15, 0.2) is 47.4 Å². The highest BCUT2D eigenvalue weighted by Crippen LogP contribution is 2.29. The summed E-state index contributed by atoms with van der Waals surface area (Å²) in [6.45, 7) is 5.83. The zero-order chi connectivity index (χ0) is 19.5. The maximum absolute atomic E-state index is 12.7. The minimum atomic E-state index is -3.98. The largest absolute Gasteiger partial charge is 0.326 e. The van der Waals surface area contributed by atoms with E-state index in [2.05, 4.69) is 10.0 Å². The van der Waals surface area contributed by atoms with Crippen LogP contribution in [-0.4, -0.2) is 14.3 Å². The molecule has 1 amide bonds. The lowest BCUT2D eigenvalue weighted by molar-refractivity contribution is -0.117.